The molecule has 0 atom stereocenters. The number of carbonyl (C=O) groups is 1. The van der Waals surface area contributed by atoms with Gasteiger partial charge in [0.15, 0.2) is 0 Å². The van der Waals surface area contributed by atoms with Crippen LogP contribution in [0.1, 0.15) is 29.6 Å². The van der Waals surface area contributed by atoms with Crippen LogP contribution in [-0.4, -0.2) is 31.4 Å². The van der Waals surface area contributed by atoms with E-state index in [0.717, 1.165) is 28.4 Å². The molecule has 31 heavy (non-hydrogen) atoms. The van der Waals surface area contributed by atoms with E-state index in [1.54, 1.807) is 6.92 Å². The number of benzene rings is 1. The molecule has 0 saturated carbocycles. The minimum Gasteiger partial charge on any atom is -0.416 e. The Balaban J connectivity index is 1.62. The molecule has 0 aliphatic rings. The lowest BCUT2D eigenvalue weighted by atomic mass is 10.1. The van der Waals surface area contributed by atoms with E-state index in [2.05, 4.69) is 34.0 Å². The van der Waals surface area contributed by atoms with Crippen molar-refractivity contribution >= 4 is 23.4 Å². The summed E-state index contributed by atoms with van der Waals surface area (Å²) < 4.78 is 6.61. The number of aromatic nitrogens is 4. The summed E-state index contributed by atoms with van der Waals surface area (Å²) >= 11 is 1.10. The highest BCUT2D eigenvalue weighted by Crippen LogP contribution is 2.18. The Labute approximate surface area is 182 Å². The lowest BCUT2D eigenvalue weighted by Crippen LogP contribution is -2.37. The highest BCUT2D eigenvalue weighted by atomic mass is 32.2. The second kappa shape index (κ2) is 10.1. The van der Waals surface area contributed by atoms with Gasteiger partial charge in [-0.15, -0.1) is 16.8 Å². The molecule has 0 aliphatic carbocycles. The second-order valence-electron chi connectivity index (χ2n) is 6.76. The van der Waals surface area contributed by atoms with Crippen LogP contribution in [0, 0.1) is 6.92 Å². The zero-order valence-electron chi connectivity index (χ0n) is 17.3. The van der Waals surface area contributed by atoms with Crippen LogP contribution in [0.15, 0.2) is 56.1 Å². The van der Waals surface area contributed by atoms with Crippen molar-refractivity contribution < 1.29 is 9.21 Å². The maximum Gasteiger partial charge on any atom is 0.328 e. The summed E-state index contributed by atoms with van der Waals surface area (Å²) in [5, 5.41) is 10.9. The van der Waals surface area contributed by atoms with Crippen LogP contribution in [0.25, 0.3) is 0 Å². The van der Waals surface area contributed by atoms with Gasteiger partial charge in [-0.3, -0.25) is 14.2 Å². The van der Waals surface area contributed by atoms with Gasteiger partial charge in [0.25, 0.3) is 10.8 Å². The standard InChI is InChI=1S/C21H23N5O4S/c1-4-10-26-19(28)16(13(3)22-20(26)29)11-18-24-25-21(30-18)31-12-17(27)23-15-8-6-14(5-2)7-9-15/h4,6-9H,1,5,10-12H2,2-3H3,(H,22,29)(H,23,27). The number of thioether (sulfide) groups is 1. The van der Waals surface area contributed by atoms with Gasteiger partial charge in [0.05, 0.1) is 12.2 Å². The molecule has 0 aliphatic heterocycles. The van der Waals surface area contributed by atoms with Gasteiger partial charge < -0.3 is 14.7 Å². The number of carbonyl (C=O) groups excluding carboxylic acids is 1. The number of nitrogens with zero attached hydrogens (tertiary/aromatic N) is 3. The summed E-state index contributed by atoms with van der Waals surface area (Å²) in [6.07, 6.45) is 2.48. The van der Waals surface area contributed by atoms with Crippen LogP contribution in [0.3, 0.4) is 0 Å². The number of aromatic amines is 1. The Hall–Kier alpha value is -3.40. The molecule has 0 radical (unpaired) electrons. The molecule has 9 nitrogen and oxygen atoms in total. The predicted molar refractivity (Wildman–Crippen MR) is 119 cm³/mol. The third kappa shape index (κ3) is 5.60. The summed E-state index contributed by atoms with van der Waals surface area (Å²) in [5.74, 6) is 0.120. The molecule has 3 aromatic rings. The smallest absolute Gasteiger partial charge is 0.328 e. The van der Waals surface area contributed by atoms with Crippen molar-refractivity contribution in [3.05, 3.63) is 80.5 Å². The van der Waals surface area contributed by atoms with Crippen LogP contribution in [0.4, 0.5) is 5.69 Å². The van der Waals surface area contributed by atoms with Gasteiger partial charge in [-0.25, -0.2) is 4.79 Å². The fourth-order valence-corrected chi connectivity index (χ4v) is 3.47. The van der Waals surface area contributed by atoms with Crippen LogP contribution in [0.5, 0.6) is 0 Å². The largest absolute Gasteiger partial charge is 0.416 e. The summed E-state index contributed by atoms with van der Waals surface area (Å²) in [4.78, 5) is 39.3. The van der Waals surface area contributed by atoms with E-state index in [9.17, 15) is 14.4 Å². The van der Waals surface area contributed by atoms with Crippen molar-refractivity contribution in [1.82, 2.24) is 19.7 Å². The monoisotopic (exact) mass is 441 g/mol. The normalized spacial score (nSPS) is 10.8. The maximum atomic E-state index is 12.6. The van der Waals surface area contributed by atoms with Crippen molar-refractivity contribution in [2.75, 3.05) is 11.1 Å². The first kappa shape index (κ1) is 22.3. The molecule has 0 bridgehead atoms. The summed E-state index contributed by atoms with van der Waals surface area (Å²) in [7, 11) is 0. The number of allylic oxidation sites excluding steroid dienone is 1. The first-order valence-corrected chi connectivity index (χ1v) is 10.7. The van der Waals surface area contributed by atoms with Crippen molar-refractivity contribution in [1.29, 1.82) is 0 Å². The lowest BCUT2D eigenvalue weighted by molar-refractivity contribution is -0.113. The van der Waals surface area contributed by atoms with E-state index in [1.165, 1.54) is 11.6 Å². The topological polar surface area (TPSA) is 123 Å². The van der Waals surface area contributed by atoms with E-state index in [-0.39, 0.29) is 35.7 Å². The highest BCUT2D eigenvalue weighted by Gasteiger charge is 2.16. The third-order valence-electron chi connectivity index (χ3n) is 4.56. The van der Waals surface area contributed by atoms with Crippen molar-refractivity contribution in [2.45, 2.75) is 38.5 Å². The molecule has 0 spiro atoms. The van der Waals surface area contributed by atoms with E-state index >= 15 is 0 Å². The van der Waals surface area contributed by atoms with Crippen molar-refractivity contribution in [3.8, 4) is 0 Å². The molecule has 0 unspecified atom stereocenters. The minimum absolute atomic E-state index is 0.0716. The molecule has 1 amide bonds. The Morgan fingerprint density at radius 3 is 2.71 bits per heavy atom. The van der Waals surface area contributed by atoms with Gasteiger partial charge >= 0.3 is 5.69 Å². The lowest BCUT2D eigenvalue weighted by Gasteiger charge is -2.06. The molecule has 2 N–H and O–H groups in total. The molecular formula is C21H23N5O4S. The van der Waals surface area contributed by atoms with E-state index in [4.69, 9.17) is 4.42 Å². The number of rotatable bonds is 9. The Bertz CT molecular complexity index is 1190. The van der Waals surface area contributed by atoms with Gasteiger partial charge in [0, 0.05) is 23.5 Å². The molecule has 2 heterocycles. The van der Waals surface area contributed by atoms with Crippen molar-refractivity contribution in [2.24, 2.45) is 0 Å². The number of anilines is 1. The number of aryl methyl sites for hydroxylation is 2. The SMILES string of the molecule is C=CCn1c(=O)[nH]c(C)c(Cc2nnc(SCC(=O)Nc3ccc(CC)cc3)o2)c1=O. The van der Waals surface area contributed by atoms with E-state index < -0.39 is 11.2 Å². The molecule has 3 rings (SSSR count). The Morgan fingerprint density at radius 1 is 1.29 bits per heavy atom. The van der Waals surface area contributed by atoms with Gasteiger partial charge in [-0.2, -0.15) is 0 Å². The van der Waals surface area contributed by atoms with Crippen LogP contribution in [0.2, 0.25) is 0 Å². The number of H-pyrrole nitrogens is 1. The Morgan fingerprint density at radius 2 is 2.03 bits per heavy atom. The van der Waals surface area contributed by atoms with E-state index in [1.807, 2.05) is 24.3 Å². The highest BCUT2D eigenvalue weighted by molar-refractivity contribution is 7.99. The number of hydrogen-bond donors (Lipinski definition) is 2. The van der Waals surface area contributed by atoms with Crippen LogP contribution < -0.4 is 16.6 Å². The van der Waals surface area contributed by atoms with Gasteiger partial charge in [0.1, 0.15) is 0 Å². The molecule has 0 fully saturated rings. The van der Waals surface area contributed by atoms with Crippen LogP contribution in [-0.2, 0) is 24.2 Å². The molecular weight excluding hydrogens is 418 g/mol. The molecule has 2 aromatic heterocycles. The maximum absolute atomic E-state index is 12.6. The predicted octanol–water partition coefficient (Wildman–Crippen LogP) is 2.30. The number of amides is 1. The van der Waals surface area contributed by atoms with Crippen LogP contribution >= 0.6 is 11.8 Å². The molecule has 10 heteroatoms. The summed E-state index contributed by atoms with van der Waals surface area (Å²) in [5.41, 5.74) is 1.79. The van der Waals surface area contributed by atoms with Gasteiger partial charge in [-0.05, 0) is 31.0 Å². The second-order valence-corrected chi connectivity index (χ2v) is 7.69. The summed E-state index contributed by atoms with van der Waals surface area (Å²) in [6, 6.07) is 7.65. The first-order valence-electron chi connectivity index (χ1n) is 9.68. The number of nitrogens with one attached hydrogen (secondary N) is 2. The quantitative estimate of drug-likeness (QED) is 0.386. The van der Waals surface area contributed by atoms with E-state index in [0.29, 0.717) is 11.3 Å². The Kier molecular flexibility index (Phi) is 7.24. The zero-order chi connectivity index (χ0) is 22.4. The zero-order valence-corrected chi connectivity index (χ0v) is 18.1. The van der Waals surface area contributed by atoms with Crippen molar-refractivity contribution in [3.63, 3.8) is 0 Å². The fraction of sp³-hybridized carbons (Fsp3) is 0.286. The molecule has 1 aromatic carbocycles. The average Bonchev–Trinajstić information content (AvgIpc) is 3.21. The fourth-order valence-electron chi connectivity index (χ4n) is 2.89. The van der Waals surface area contributed by atoms with Gasteiger partial charge in [0.2, 0.25) is 11.8 Å². The number of hydrogen-bond acceptors (Lipinski definition) is 7. The van der Waals surface area contributed by atoms with Gasteiger partial charge in [-0.1, -0.05) is 36.9 Å². The minimum atomic E-state index is -0.497. The third-order valence-corrected chi connectivity index (χ3v) is 5.37. The molecule has 162 valence electrons. The average molecular weight is 442 g/mol. The molecule has 0 saturated heterocycles. The summed E-state index contributed by atoms with van der Waals surface area (Å²) in [6.45, 7) is 7.36. The first-order chi connectivity index (χ1) is 14.9.